The first kappa shape index (κ1) is 41.9. The number of benzene rings is 10. The summed E-state index contributed by atoms with van der Waals surface area (Å²) < 4.78 is 13.6. The van der Waals surface area contributed by atoms with Gasteiger partial charge in [0.15, 0.2) is 0 Å². The Morgan fingerprint density at radius 2 is 1.08 bits per heavy atom. The number of hydrogen-bond donors (Lipinski definition) is 0. The Hall–Kier alpha value is -7.67. The van der Waals surface area contributed by atoms with Gasteiger partial charge in [-0.25, -0.2) is 0 Å². The van der Waals surface area contributed by atoms with Gasteiger partial charge >= 0.3 is 0 Å². The molecule has 0 N–H and O–H groups in total. The number of hydrogen-bond acceptors (Lipinski definition) is 5. The van der Waals surface area contributed by atoms with Crippen molar-refractivity contribution in [3.63, 3.8) is 0 Å². The largest absolute Gasteiger partial charge is 0.456 e. The summed E-state index contributed by atoms with van der Waals surface area (Å²) in [6.07, 6.45) is 0. The monoisotopic (exact) mass is 969 g/mol. The minimum atomic E-state index is -0.0410. The van der Waals surface area contributed by atoms with E-state index in [2.05, 4.69) is 167 Å². The van der Waals surface area contributed by atoms with E-state index < -0.39 is 0 Å². The Bertz CT molecular complexity index is 4850. The van der Waals surface area contributed by atoms with Crippen LogP contribution in [-0.4, -0.2) is 47.2 Å². The number of aromatic nitrogens is 2. The van der Waals surface area contributed by atoms with Crippen LogP contribution in [0.5, 0.6) is 0 Å². The van der Waals surface area contributed by atoms with Crippen LogP contribution in [0, 0.1) is 11.3 Å². The van der Waals surface area contributed by atoms with Crippen LogP contribution in [0.2, 0.25) is 0 Å². The smallest absolute Gasteiger partial charge is 0.247 e. The van der Waals surface area contributed by atoms with Crippen LogP contribution >= 0.6 is 34.9 Å². The lowest BCUT2D eigenvalue weighted by atomic mass is 9.36. The van der Waals surface area contributed by atoms with Gasteiger partial charge in [-0.1, -0.05) is 118 Å². The van der Waals surface area contributed by atoms with Gasteiger partial charge in [-0.15, -0.1) is 22.3 Å². The van der Waals surface area contributed by atoms with Gasteiger partial charge in [0, 0.05) is 83.6 Å². The topological polar surface area (TPSA) is 46.8 Å². The molecule has 4 nitrogen and oxygen atoms in total. The van der Waals surface area contributed by atoms with Gasteiger partial charge in [0.05, 0.1) is 28.2 Å². The second-order valence-corrected chi connectivity index (χ2v) is 22.4. The molecular formula is C61H28B5N3OS3. The van der Waals surface area contributed by atoms with E-state index in [0.29, 0.717) is 27.4 Å². The van der Waals surface area contributed by atoms with Gasteiger partial charge in [0.1, 0.15) is 42.6 Å². The molecule has 326 valence electrons. The maximum absolute atomic E-state index is 9.99. The van der Waals surface area contributed by atoms with Crippen molar-refractivity contribution in [1.29, 1.82) is 5.26 Å². The van der Waals surface area contributed by atoms with E-state index in [1.54, 1.807) is 11.8 Å². The van der Waals surface area contributed by atoms with Gasteiger partial charge in [-0.05, 0) is 119 Å². The number of para-hydroxylation sites is 2. The van der Waals surface area contributed by atoms with Gasteiger partial charge in [0.25, 0.3) is 0 Å². The van der Waals surface area contributed by atoms with E-state index in [0.717, 1.165) is 60.2 Å². The summed E-state index contributed by atoms with van der Waals surface area (Å²) in [7, 11) is 26.8. The number of nitriles is 1. The summed E-state index contributed by atoms with van der Waals surface area (Å²) >= 11 is 5.49. The third-order valence-corrected chi connectivity index (χ3v) is 18.7. The van der Waals surface area contributed by atoms with E-state index in [4.69, 9.17) is 35.8 Å². The summed E-state index contributed by atoms with van der Waals surface area (Å²) in [4.78, 5) is 4.79. The Morgan fingerprint density at radius 3 is 1.79 bits per heavy atom. The number of thiophene rings is 1. The molecule has 2 aliphatic rings. The van der Waals surface area contributed by atoms with Crippen molar-refractivity contribution in [2.45, 2.75) is 19.6 Å². The molecule has 10 aromatic carbocycles. The molecular weight excluding hydrogens is 941 g/mol. The standard InChI is InChI=1S/C61H28B5N3OS3/c62-56-55-38-23-30(29-67)13-19-44(38)69(61(55)59(65)58(64)57(56)63)34-16-18-41-50(28-34)73-52-26-32(31-14-20-45-39(24-31)53-46(70-45)21-22-48-54(53)37-9-3-6-12-47(37)71-48)25-51-60(52)66(41)40-17-15-33(27-49(40)72-51)68-42-10-4-1-7-35(42)36-8-2-5-11-43(36)68/h1-28H. The highest BCUT2D eigenvalue weighted by atomic mass is 32.2. The summed E-state index contributed by atoms with van der Waals surface area (Å²) in [5, 5.41) is 18.7. The predicted octanol–water partition coefficient (Wildman–Crippen LogP) is 10.3. The number of fused-ring (bicyclic) bond motifs is 17. The molecule has 6 heterocycles. The fourth-order valence-electron chi connectivity index (χ4n) is 12.1. The zero-order chi connectivity index (χ0) is 48.5. The highest BCUT2D eigenvalue weighted by Gasteiger charge is 2.39. The molecule has 0 bridgehead atoms. The molecule has 73 heavy (non-hydrogen) atoms. The van der Waals surface area contributed by atoms with Gasteiger partial charge in [-0.2, -0.15) is 5.26 Å². The quantitative estimate of drug-likeness (QED) is 0.166. The van der Waals surface area contributed by atoms with Crippen LogP contribution in [0.1, 0.15) is 5.56 Å². The van der Waals surface area contributed by atoms with Gasteiger partial charge < -0.3 is 13.6 Å². The third-order valence-electron chi connectivity index (χ3n) is 15.3. The zero-order valence-electron chi connectivity index (χ0n) is 38.5. The van der Waals surface area contributed by atoms with Crippen molar-refractivity contribution in [2.24, 2.45) is 0 Å². The van der Waals surface area contributed by atoms with Crippen molar-refractivity contribution in [3.05, 3.63) is 175 Å². The highest BCUT2D eigenvalue weighted by Crippen LogP contribution is 2.46. The fourth-order valence-corrected chi connectivity index (χ4v) is 15.8. The fraction of sp³-hybridized carbons (Fsp3) is 0. The Balaban J connectivity index is 0.924. The van der Waals surface area contributed by atoms with Crippen molar-refractivity contribution < 1.29 is 4.42 Å². The van der Waals surface area contributed by atoms with E-state index in [1.165, 1.54) is 73.1 Å². The van der Waals surface area contributed by atoms with Crippen LogP contribution in [0.3, 0.4) is 0 Å². The molecule has 12 heteroatoms. The predicted molar refractivity (Wildman–Crippen MR) is 313 cm³/mol. The molecule has 14 aromatic rings. The van der Waals surface area contributed by atoms with Crippen LogP contribution in [-0.2, 0) is 0 Å². The number of furan rings is 1. The first-order chi connectivity index (χ1) is 35.8. The Labute approximate surface area is 436 Å². The number of nitrogens with zero attached hydrogens (tertiary/aromatic N) is 3. The lowest BCUT2D eigenvalue weighted by Gasteiger charge is -2.34. The van der Waals surface area contributed by atoms with E-state index in [-0.39, 0.29) is 17.6 Å². The average Bonchev–Trinajstić information content (AvgIpc) is 4.19. The summed E-state index contributed by atoms with van der Waals surface area (Å²) in [5.41, 5.74) is 15.4. The van der Waals surface area contributed by atoms with Crippen LogP contribution < -0.4 is 38.2 Å². The molecule has 0 fully saturated rings. The van der Waals surface area contributed by atoms with Gasteiger partial charge in [-0.3, -0.25) is 0 Å². The molecule has 0 aliphatic carbocycles. The molecule has 0 atom stereocenters. The second-order valence-electron chi connectivity index (χ2n) is 19.1. The molecule has 4 aromatic heterocycles. The second kappa shape index (κ2) is 15.2. The summed E-state index contributed by atoms with van der Waals surface area (Å²) in [5.74, 6) is 0. The molecule has 0 saturated heterocycles. The minimum Gasteiger partial charge on any atom is -0.456 e. The average molecular weight is 969 g/mol. The highest BCUT2D eigenvalue weighted by molar-refractivity contribution is 8.01. The lowest BCUT2D eigenvalue weighted by molar-refractivity contribution is 0.669. The minimum absolute atomic E-state index is 0.0410. The normalized spacial score (nSPS) is 13.0. The molecule has 0 amide bonds. The van der Waals surface area contributed by atoms with Crippen molar-refractivity contribution in [2.75, 3.05) is 0 Å². The maximum atomic E-state index is 9.99. The Kier molecular flexibility index (Phi) is 8.72. The molecule has 8 radical (unpaired) electrons. The number of rotatable bonds is 3. The van der Waals surface area contributed by atoms with E-state index >= 15 is 0 Å². The SMILES string of the molecule is [B]c1c([B])c([B])c2c(c1[B])c1cc(C#N)ccc1n2-c1ccc2c(c1)Sc1cc(-c3ccc4oc5ccc6sc7ccccc7c6c5c4c3)cc3c1B2c1ccc(-n2c4ccccc4c4ccccc42)cc1S3. The van der Waals surface area contributed by atoms with Crippen molar-refractivity contribution in [3.8, 4) is 28.6 Å². The summed E-state index contributed by atoms with van der Waals surface area (Å²) in [6, 6.07) is 63.5. The molecule has 2 aliphatic heterocycles. The molecule has 0 saturated carbocycles. The van der Waals surface area contributed by atoms with E-state index in [9.17, 15) is 5.26 Å². The maximum Gasteiger partial charge on any atom is 0.247 e. The van der Waals surface area contributed by atoms with Crippen LogP contribution in [0.25, 0.3) is 108 Å². The first-order valence-corrected chi connectivity index (χ1v) is 26.4. The van der Waals surface area contributed by atoms with Crippen LogP contribution in [0.4, 0.5) is 0 Å². The zero-order valence-corrected chi connectivity index (χ0v) is 41.0. The van der Waals surface area contributed by atoms with Gasteiger partial charge in [0.2, 0.25) is 6.71 Å². The molecule has 16 rings (SSSR count). The Morgan fingerprint density at radius 1 is 0.452 bits per heavy atom. The van der Waals surface area contributed by atoms with Crippen molar-refractivity contribution in [1.82, 2.24) is 9.13 Å². The van der Waals surface area contributed by atoms with Crippen molar-refractivity contribution >= 4 is 197 Å². The summed E-state index contributed by atoms with van der Waals surface area (Å²) in [6.45, 7) is -0.0410. The molecule has 0 unspecified atom stereocenters. The first-order valence-electron chi connectivity index (χ1n) is 24.0. The molecule has 0 spiro atoms. The van der Waals surface area contributed by atoms with Crippen LogP contribution in [0.15, 0.2) is 194 Å². The third kappa shape index (κ3) is 5.76. The lowest BCUT2D eigenvalue weighted by Crippen LogP contribution is -2.58. The van der Waals surface area contributed by atoms with E-state index in [1.807, 2.05) is 41.3 Å².